The highest BCUT2D eigenvalue weighted by Gasteiger charge is 2.21. The Hall–Kier alpha value is -0.660. The van der Waals surface area contributed by atoms with Crippen molar-refractivity contribution in [2.75, 3.05) is 20.3 Å². The first-order valence-corrected chi connectivity index (χ1v) is 7.15. The topological polar surface area (TPSA) is 75.6 Å². The molecule has 0 aromatic heterocycles. The number of nitrogens with one attached hydrogen (secondary N) is 1. The van der Waals surface area contributed by atoms with E-state index in [9.17, 15) is 8.42 Å². The molecule has 0 spiro atoms. The third-order valence-corrected chi connectivity index (χ3v) is 4.25. The summed E-state index contributed by atoms with van der Waals surface area (Å²) in [6, 6.07) is 3.94. The van der Waals surface area contributed by atoms with Crippen LogP contribution in [-0.4, -0.2) is 39.9 Å². The van der Waals surface area contributed by atoms with E-state index in [1.807, 2.05) is 0 Å². The number of hydrogen-bond donors (Lipinski definition) is 2. The van der Waals surface area contributed by atoms with E-state index in [4.69, 9.17) is 21.4 Å². The zero-order valence-electron chi connectivity index (χ0n) is 10.2. The summed E-state index contributed by atoms with van der Waals surface area (Å²) in [6.45, 7) is 1.43. The van der Waals surface area contributed by atoms with Crippen LogP contribution in [0.1, 0.15) is 5.56 Å². The van der Waals surface area contributed by atoms with Gasteiger partial charge in [-0.25, -0.2) is 13.1 Å². The van der Waals surface area contributed by atoms with Crippen molar-refractivity contribution >= 4 is 21.6 Å². The molecule has 0 fully saturated rings. The Labute approximate surface area is 112 Å². The van der Waals surface area contributed by atoms with Crippen molar-refractivity contribution < 1.29 is 18.3 Å². The van der Waals surface area contributed by atoms with E-state index in [0.29, 0.717) is 10.6 Å². The minimum absolute atomic E-state index is 0.0926. The van der Waals surface area contributed by atoms with Gasteiger partial charge in [0.25, 0.3) is 0 Å². The van der Waals surface area contributed by atoms with E-state index in [-0.39, 0.29) is 18.1 Å². The number of benzene rings is 1. The van der Waals surface area contributed by atoms with Crippen LogP contribution in [0.5, 0.6) is 0 Å². The lowest BCUT2D eigenvalue weighted by Gasteiger charge is -2.16. The van der Waals surface area contributed by atoms with Crippen molar-refractivity contribution in [3.8, 4) is 0 Å². The van der Waals surface area contributed by atoms with E-state index < -0.39 is 16.1 Å². The summed E-state index contributed by atoms with van der Waals surface area (Å²) in [4.78, 5) is 0.101. The summed E-state index contributed by atoms with van der Waals surface area (Å²) in [5.41, 5.74) is 0.584. The van der Waals surface area contributed by atoms with Crippen LogP contribution in [0.25, 0.3) is 0 Å². The summed E-state index contributed by atoms with van der Waals surface area (Å²) >= 11 is 5.79. The van der Waals surface area contributed by atoms with Gasteiger partial charge in [-0.3, -0.25) is 0 Å². The van der Waals surface area contributed by atoms with Crippen molar-refractivity contribution in [2.24, 2.45) is 0 Å². The summed E-state index contributed by atoms with van der Waals surface area (Å²) in [6.07, 6.45) is 0. The van der Waals surface area contributed by atoms with E-state index in [2.05, 4.69) is 4.72 Å². The second kappa shape index (κ2) is 6.49. The minimum Gasteiger partial charge on any atom is -0.395 e. The number of hydrogen-bond acceptors (Lipinski definition) is 4. The molecule has 0 aliphatic heterocycles. The number of aliphatic hydroxyl groups is 1. The Morgan fingerprint density at radius 1 is 1.50 bits per heavy atom. The Morgan fingerprint density at radius 2 is 2.17 bits per heavy atom. The molecule has 1 atom stereocenters. The molecule has 1 unspecified atom stereocenters. The lowest BCUT2D eigenvalue weighted by Crippen LogP contribution is -2.40. The lowest BCUT2D eigenvalue weighted by atomic mass is 10.2. The molecular weight excluding hydrogens is 278 g/mol. The van der Waals surface area contributed by atoms with Crippen LogP contribution in [0.2, 0.25) is 5.02 Å². The molecule has 2 N–H and O–H groups in total. The highest BCUT2D eigenvalue weighted by molar-refractivity contribution is 7.89. The molecule has 0 aliphatic carbocycles. The molecule has 5 nitrogen and oxygen atoms in total. The second-order valence-electron chi connectivity index (χ2n) is 3.87. The van der Waals surface area contributed by atoms with Crippen LogP contribution >= 0.6 is 11.6 Å². The van der Waals surface area contributed by atoms with Crippen LogP contribution in [0.3, 0.4) is 0 Å². The van der Waals surface area contributed by atoms with Crippen LogP contribution in [0.4, 0.5) is 0 Å². The van der Waals surface area contributed by atoms with Crippen LogP contribution in [-0.2, 0) is 14.8 Å². The van der Waals surface area contributed by atoms with Gasteiger partial charge in [0.15, 0.2) is 0 Å². The van der Waals surface area contributed by atoms with Gasteiger partial charge >= 0.3 is 0 Å². The van der Waals surface area contributed by atoms with Crippen molar-refractivity contribution in [3.05, 3.63) is 28.8 Å². The zero-order chi connectivity index (χ0) is 13.8. The maximum atomic E-state index is 12.1. The maximum Gasteiger partial charge on any atom is 0.241 e. The fourth-order valence-electron chi connectivity index (χ4n) is 1.47. The van der Waals surface area contributed by atoms with Crippen LogP contribution < -0.4 is 4.72 Å². The number of ether oxygens (including phenoxy) is 1. The molecule has 0 saturated carbocycles. The van der Waals surface area contributed by atoms with Crippen LogP contribution in [0, 0.1) is 6.92 Å². The highest BCUT2D eigenvalue weighted by Crippen LogP contribution is 2.20. The third kappa shape index (κ3) is 3.93. The summed E-state index contributed by atoms with van der Waals surface area (Å²) in [5.74, 6) is 0. The molecule has 1 aromatic carbocycles. The van der Waals surface area contributed by atoms with Gasteiger partial charge in [0, 0.05) is 12.1 Å². The first kappa shape index (κ1) is 15.4. The lowest BCUT2D eigenvalue weighted by molar-refractivity contribution is 0.139. The van der Waals surface area contributed by atoms with Crippen molar-refractivity contribution in [2.45, 2.75) is 17.9 Å². The SMILES string of the molecule is COCC(CO)NS(=O)(=O)c1cc(Cl)ccc1C. The van der Waals surface area contributed by atoms with Gasteiger partial charge in [-0.2, -0.15) is 0 Å². The van der Waals surface area contributed by atoms with E-state index in [1.54, 1.807) is 19.1 Å². The van der Waals surface area contributed by atoms with E-state index in [0.717, 1.165) is 0 Å². The average Bonchev–Trinajstić information content (AvgIpc) is 2.31. The first-order valence-electron chi connectivity index (χ1n) is 5.29. The highest BCUT2D eigenvalue weighted by atomic mass is 35.5. The number of methoxy groups -OCH3 is 1. The van der Waals surface area contributed by atoms with Crippen molar-refractivity contribution in [1.29, 1.82) is 0 Å². The predicted molar refractivity (Wildman–Crippen MR) is 69.3 cm³/mol. The third-order valence-electron chi connectivity index (χ3n) is 2.35. The predicted octanol–water partition coefficient (Wildman–Crippen LogP) is 0.934. The van der Waals surface area contributed by atoms with Crippen molar-refractivity contribution in [1.82, 2.24) is 4.72 Å². The number of aliphatic hydroxyl groups excluding tert-OH is 1. The van der Waals surface area contributed by atoms with Gasteiger partial charge in [0.2, 0.25) is 10.0 Å². The molecule has 0 aliphatic rings. The van der Waals surface area contributed by atoms with Gasteiger partial charge in [-0.15, -0.1) is 0 Å². The number of aryl methyl sites for hydroxylation is 1. The molecule has 0 heterocycles. The molecule has 7 heteroatoms. The van der Waals surface area contributed by atoms with Crippen LogP contribution in [0.15, 0.2) is 23.1 Å². The molecular formula is C11H16ClNO4S. The molecule has 0 saturated heterocycles. The average molecular weight is 294 g/mol. The Bertz CT molecular complexity index is 504. The summed E-state index contributed by atoms with van der Waals surface area (Å²) < 4.78 is 31.4. The minimum atomic E-state index is -3.72. The number of halogens is 1. The zero-order valence-corrected chi connectivity index (χ0v) is 11.8. The van der Waals surface area contributed by atoms with Gasteiger partial charge in [0.1, 0.15) is 0 Å². The van der Waals surface area contributed by atoms with Crippen molar-refractivity contribution in [3.63, 3.8) is 0 Å². The molecule has 0 bridgehead atoms. The first-order chi connectivity index (χ1) is 8.40. The molecule has 18 heavy (non-hydrogen) atoms. The number of rotatable bonds is 6. The molecule has 102 valence electrons. The summed E-state index contributed by atoms with van der Waals surface area (Å²) in [5, 5.41) is 9.40. The standard InChI is InChI=1S/C11H16ClNO4S/c1-8-3-4-9(12)5-11(8)18(15,16)13-10(6-14)7-17-2/h3-5,10,13-14H,6-7H2,1-2H3. The quantitative estimate of drug-likeness (QED) is 0.818. The summed E-state index contributed by atoms with van der Waals surface area (Å²) in [7, 11) is -2.29. The fourth-order valence-corrected chi connectivity index (χ4v) is 3.19. The largest absolute Gasteiger partial charge is 0.395 e. The molecule has 1 rings (SSSR count). The van der Waals surface area contributed by atoms with Gasteiger partial charge in [0.05, 0.1) is 24.2 Å². The van der Waals surface area contributed by atoms with Gasteiger partial charge in [-0.05, 0) is 24.6 Å². The Balaban J connectivity index is 3.02. The monoisotopic (exact) mass is 293 g/mol. The van der Waals surface area contributed by atoms with Gasteiger partial charge in [-0.1, -0.05) is 17.7 Å². The van der Waals surface area contributed by atoms with E-state index in [1.165, 1.54) is 13.2 Å². The fraction of sp³-hybridized carbons (Fsp3) is 0.455. The Morgan fingerprint density at radius 3 is 2.72 bits per heavy atom. The number of sulfonamides is 1. The molecule has 0 amide bonds. The smallest absolute Gasteiger partial charge is 0.241 e. The van der Waals surface area contributed by atoms with Gasteiger partial charge < -0.3 is 9.84 Å². The van der Waals surface area contributed by atoms with E-state index >= 15 is 0 Å². The molecule has 0 radical (unpaired) electrons. The molecule has 1 aromatic rings. The normalized spacial score (nSPS) is 13.6. The second-order valence-corrected chi connectivity index (χ2v) is 5.98. The Kier molecular flexibility index (Phi) is 5.55. The maximum absolute atomic E-state index is 12.1.